The standard InChI is InChI=1S/C9H10N2.C2H6/c1-2-11-7-8-5-3-4-6-9(8)10;1-2/h2-7,10H,1H3;1-2H3/b8-7-,10-9?,11-2?;. The first-order valence-corrected chi connectivity index (χ1v) is 4.46. The van der Waals surface area contributed by atoms with Gasteiger partial charge in [-0.25, -0.2) is 0 Å². The summed E-state index contributed by atoms with van der Waals surface area (Å²) in [7, 11) is 0. The predicted molar refractivity (Wildman–Crippen MR) is 59.6 cm³/mol. The van der Waals surface area contributed by atoms with Crippen LogP contribution in [0.25, 0.3) is 0 Å². The Bertz CT molecular complexity index is 268. The number of rotatable bonds is 1. The van der Waals surface area contributed by atoms with Crippen molar-refractivity contribution in [1.29, 1.82) is 5.41 Å². The lowest BCUT2D eigenvalue weighted by Crippen LogP contribution is -1.96. The van der Waals surface area contributed by atoms with Gasteiger partial charge in [-0.3, -0.25) is 4.99 Å². The minimum Gasteiger partial charge on any atom is -0.300 e. The first-order chi connectivity index (χ1) is 6.34. The Balaban J connectivity index is 0.000000671. The minimum atomic E-state index is 0.512. The molecule has 1 aliphatic rings. The first-order valence-electron chi connectivity index (χ1n) is 4.46. The molecule has 0 saturated carbocycles. The third-order valence-corrected chi connectivity index (χ3v) is 1.32. The van der Waals surface area contributed by atoms with Crippen molar-refractivity contribution in [2.24, 2.45) is 4.99 Å². The Morgan fingerprint density at radius 3 is 2.38 bits per heavy atom. The fourth-order valence-electron chi connectivity index (χ4n) is 0.764. The van der Waals surface area contributed by atoms with Crippen LogP contribution in [0.4, 0.5) is 0 Å². The summed E-state index contributed by atoms with van der Waals surface area (Å²) in [5.41, 5.74) is 1.36. The summed E-state index contributed by atoms with van der Waals surface area (Å²) in [5.74, 6) is 0. The fraction of sp³-hybridized carbons (Fsp3) is 0.273. The van der Waals surface area contributed by atoms with Gasteiger partial charge in [0.25, 0.3) is 0 Å². The molecule has 0 unspecified atom stereocenters. The second-order valence-electron chi connectivity index (χ2n) is 2.12. The summed E-state index contributed by atoms with van der Waals surface area (Å²) < 4.78 is 0. The van der Waals surface area contributed by atoms with Gasteiger partial charge in [-0.2, -0.15) is 0 Å². The van der Waals surface area contributed by atoms with Crippen molar-refractivity contribution in [3.63, 3.8) is 0 Å². The molecule has 1 rings (SSSR count). The van der Waals surface area contributed by atoms with Gasteiger partial charge in [0.05, 0.1) is 5.71 Å². The van der Waals surface area contributed by atoms with E-state index in [1.54, 1.807) is 18.5 Å². The Morgan fingerprint density at radius 2 is 1.85 bits per heavy atom. The van der Waals surface area contributed by atoms with Gasteiger partial charge in [0, 0.05) is 18.0 Å². The van der Waals surface area contributed by atoms with Crippen LogP contribution in [0.2, 0.25) is 0 Å². The fourth-order valence-corrected chi connectivity index (χ4v) is 0.764. The second kappa shape index (κ2) is 7.22. The smallest absolute Gasteiger partial charge is 0.0627 e. The largest absolute Gasteiger partial charge is 0.300 e. The van der Waals surface area contributed by atoms with E-state index >= 15 is 0 Å². The van der Waals surface area contributed by atoms with E-state index in [1.165, 1.54) is 0 Å². The van der Waals surface area contributed by atoms with Crippen molar-refractivity contribution in [3.8, 4) is 0 Å². The lowest BCUT2D eigenvalue weighted by molar-refractivity contribution is 1.46. The summed E-state index contributed by atoms with van der Waals surface area (Å²) in [6, 6.07) is 0. The SMILES string of the molecule is CC.CC=N/C=C1/C=CC=CC1=N. The molecule has 0 amide bonds. The Morgan fingerprint density at radius 1 is 1.23 bits per heavy atom. The van der Waals surface area contributed by atoms with Crippen LogP contribution in [0.15, 0.2) is 41.1 Å². The highest BCUT2D eigenvalue weighted by atomic mass is 14.7. The average Bonchev–Trinajstić information content (AvgIpc) is 2.20. The molecule has 2 nitrogen and oxygen atoms in total. The summed E-state index contributed by atoms with van der Waals surface area (Å²) >= 11 is 0. The highest BCUT2D eigenvalue weighted by Crippen LogP contribution is 2.05. The molecule has 0 bridgehead atoms. The molecule has 1 aliphatic carbocycles. The lowest BCUT2D eigenvalue weighted by atomic mass is 10.1. The van der Waals surface area contributed by atoms with Gasteiger partial charge in [-0.1, -0.05) is 32.1 Å². The van der Waals surface area contributed by atoms with Gasteiger partial charge in [0.2, 0.25) is 0 Å². The number of allylic oxidation sites excluding steroid dienone is 5. The van der Waals surface area contributed by atoms with Gasteiger partial charge < -0.3 is 5.41 Å². The maximum atomic E-state index is 7.44. The Labute approximate surface area is 79.9 Å². The summed E-state index contributed by atoms with van der Waals surface area (Å²) in [4.78, 5) is 3.93. The monoisotopic (exact) mass is 176 g/mol. The molecule has 13 heavy (non-hydrogen) atoms. The number of hydrogen-bond acceptors (Lipinski definition) is 2. The average molecular weight is 176 g/mol. The van der Waals surface area contributed by atoms with Crippen molar-refractivity contribution in [2.45, 2.75) is 20.8 Å². The molecule has 0 spiro atoms. The minimum absolute atomic E-state index is 0.512. The molecule has 0 aromatic heterocycles. The van der Waals surface area contributed by atoms with Crippen LogP contribution in [0.3, 0.4) is 0 Å². The van der Waals surface area contributed by atoms with Crippen molar-refractivity contribution < 1.29 is 0 Å². The Kier molecular flexibility index (Phi) is 6.42. The molecule has 0 aliphatic heterocycles. The van der Waals surface area contributed by atoms with Gasteiger partial charge in [0.1, 0.15) is 0 Å². The van der Waals surface area contributed by atoms with Crippen molar-refractivity contribution in [1.82, 2.24) is 0 Å². The highest BCUT2D eigenvalue weighted by molar-refractivity contribution is 6.09. The Hall–Kier alpha value is -1.44. The van der Waals surface area contributed by atoms with Gasteiger partial charge in [-0.05, 0) is 13.0 Å². The normalized spacial score (nSPS) is 17.8. The van der Waals surface area contributed by atoms with Crippen molar-refractivity contribution >= 4 is 11.9 Å². The number of aliphatic imine (C=N–C) groups is 1. The number of nitrogens with zero attached hydrogens (tertiary/aromatic N) is 1. The zero-order valence-electron chi connectivity index (χ0n) is 8.41. The van der Waals surface area contributed by atoms with Crippen LogP contribution in [0, 0.1) is 5.41 Å². The molecule has 1 N–H and O–H groups in total. The summed E-state index contributed by atoms with van der Waals surface area (Å²) in [6.45, 7) is 5.85. The van der Waals surface area contributed by atoms with Crippen LogP contribution < -0.4 is 0 Å². The number of nitrogens with one attached hydrogen (secondary N) is 1. The molecule has 0 aromatic rings. The molecule has 0 radical (unpaired) electrons. The molecule has 70 valence electrons. The highest BCUT2D eigenvalue weighted by Gasteiger charge is 1.98. The zero-order chi connectivity index (χ0) is 10.1. The topological polar surface area (TPSA) is 36.2 Å². The third kappa shape index (κ3) is 4.21. The lowest BCUT2D eigenvalue weighted by Gasteiger charge is -2.00. The molecule has 0 saturated heterocycles. The van der Waals surface area contributed by atoms with E-state index in [0.717, 1.165) is 5.57 Å². The molecule has 0 atom stereocenters. The summed E-state index contributed by atoms with van der Waals surface area (Å²) in [6.07, 6.45) is 10.7. The molecular weight excluding hydrogens is 160 g/mol. The van der Waals surface area contributed by atoms with Crippen molar-refractivity contribution in [3.05, 3.63) is 36.1 Å². The van der Waals surface area contributed by atoms with Gasteiger partial charge >= 0.3 is 0 Å². The van der Waals surface area contributed by atoms with E-state index in [2.05, 4.69) is 4.99 Å². The van der Waals surface area contributed by atoms with Crippen molar-refractivity contribution in [2.75, 3.05) is 0 Å². The zero-order valence-corrected chi connectivity index (χ0v) is 8.41. The second-order valence-corrected chi connectivity index (χ2v) is 2.12. The maximum Gasteiger partial charge on any atom is 0.0627 e. The summed E-state index contributed by atoms with van der Waals surface area (Å²) in [5, 5.41) is 7.44. The van der Waals surface area contributed by atoms with Crippen LogP contribution >= 0.6 is 0 Å². The molecule has 0 fully saturated rings. The van der Waals surface area contributed by atoms with E-state index in [4.69, 9.17) is 5.41 Å². The van der Waals surface area contributed by atoms with E-state index in [-0.39, 0.29) is 0 Å². The van der Waals surface area contributed by atoms with Gasteiger partial charge in [-0.15, -0.1) is 0 Å². The van der Waals surface area contributed by atoms with E-state index in [0.29, 0.717) is 5.71 Å². The van der Waals surface area contributed by atoms with E-state index in [1.807, 2.05) is 39.0 Å². The third-order valence-electron chi connectivity index (χ3n) is 1.32. The van der Waals surface area contributed by atoms with Crippen LogP contribution in [0.1, 0.15) is 20.8 Å². The van der Waals surface area contributed by atoms with Gasteiger partial charge in [0.15, 0.2) is 0 Å². The van der Waals surface area contributed by atoms with E-state index < -0.39 is 0 Å². The molecule has 0 aromatic carbocycles. The quantitative estimate of drug-likeness (QED) is 0.596. The van der Waals surface area contributed by atoms with Crippen LogP contribution in [-0.2, 0) is 0 Å². The first kappa shape index (κ1) is 11.6. The number of hydrogen-bond donors (Lipinski definition) is 1. The predicted octanol–water partition coefficient (Wildman–Crippen LogP) is 3.13. The maximum absolute atomic E-state index is 7.44. The molecular formula is C11H16N2. The molecule has 0 heterocycles. The van der Waals surface area contributed by atoms with Crippen LogP contribution in [0.5, 0.6) is 0 Å². The van der Waals surface area contributed by atoms with Crippen LogP contribution in [-0.4, -0.2) is 11.9 Å². The van der Waals surface area contributed by atoms with E-state index in [9.17, 15) is 0 Å². The molecule has 2 heteroatoms.